The van der Waals surface area contributed by atoms with Crippen LogP contribution in [0.5, 0.6) is 11.5 Å². The van der Waals surface area contributed by atoms with Crippen LogP contribution < -0.4 is 9.47 Å². The van der Waals surface area contributed by atoms with Gasteiger partial charge in [-0.25, -0.2) is 0 Å². The Kier molecular flexibility index (Phi) is 6.32. The molecule has 0 aromatic heterocycles. The summed E-state index contributed by atoms with van der Waals surface area (Å²) in [5.41, 5.74) is 8.80. The van der Waals surface area contributed by atoms with E-state index in [0.29, 0.717) is 24.3 Å². The first-order chi connectivity index (χ1) is 9.53. The van der Waals surface area contributed by atoms with E-state index in [1.54, 1.807) is 6.07 Å². The predicted molar refractivity (Wildman–Crippen MR) is 81.7 cm³/mol. The second-order valence-electron chi connectivity index (χ2n) is 3.81. The molecule has 0 unspecified atom stereocenters. The van der Waals surface area contributed by atoms with E-state index in [0.717, 1.165) is 0 Å². The minimum atomic E-state index is -0.513. The lowest BCUT2D eigenvalue weighted by molar-refractivity contribution is -0.385. The van der Waals surface area contributed by atoms with Crippen molar-refractivity contribution in [3.63, 3.8) is 0 Å². The Morgan fingerprint density at radius 3 is 2.70 bits per heavy atom. The summed E-state index contributed by atoms with van der Waals surface area (Å²) in [6.45, 7) is 0.297. The number of nitro benzene ring substituents is 1. The van der Waals surface area contributed by atoms with Crippen molar-refractivity contribution in [3.05, 3.63) is 38.3 Å². The fourth-order valence-corrected chi connectivity index (χ4v) is 2.36. The van der Waals surface area contributed by atoms with Crippen molar-refractivity contribution in [2.45, 2.75) is 10.3 Å². The van der Waals surface area contributed by atoms with Crippen LogP contribution in [0.25, 0.3) is 10.4 Å². The van der Waals surface area contributed by atoms with Gasteiger partial charge < -0.3 is 9.47 Å². The normalized spacial score (nSPS) is 11.3. The zero-order valence-corrected chi connectivity index (χ0v) is 13.1. The molecule has 1 rings (SSSR count). The van der Waals surface area contributed by atoms with Gasteiger partial charge in [0.25, 0.3) is 0 Å². The van der Waals surface area contributed by atoms with Gasteiger partial charge >= 0.3 is 5.69 Å². The number of rotatable bonds is 7. The molecule has 0 aliphatic heterocycles. The molecule has 0 bridgehead atoms. The number of alkyl halides is 1. The van der Waals surface area contributed by atoms with Crippen LogP contribution in [0.2, 0.25) is 0 Å². The lowest BCUT2D eigenvalue weighted by atomic mass is 10.1. The number of hydrogen-bond donors (Lipinski definition) is 0. The molecule has 1 atom stereocenters. The van der Waals surface area contributed by atoms with Gasteiger partial charge in [0.1, 0.15) is 5.75 Å². The highest BCUT2D eigenvalue weighted by Gasteiger charge is 2.22. The minimum absolute atomic E-state index is 0.00381. The maximum atomic E-state index is 11.1. The summed E-state index contributed by atoms with van der Waals surface area (Å²) < 4.78 is 10.2. The fraction of sp³-hybridized carbons (Fsp3) is 0.455. The SMILES string of the molecule is COc1cc(C[C@H](I)CN=[N+]=[N-])c(OC)c([N+](=O)[O-])c1. The van der Waals surface area contributed by atoms with Gasteiger partial charge in [-0.15, -0.1) is 0 Å². The number of azide groups is 1. The lowest BCUT2D eigenvalue weighted by Gasteiger charge is -2.13. The molecule has 0 radical (unpaired) electrons. The van der Waals surface area contributed by atoms with Crippen molar-refractivity contribution in [2.24, 2.45) is 5.11 Å². The molecule has 0 N–H and O–H groups in total. The van der Waals surface area contributed by atoms with Crippen molar-refractivity contribution < 1.29 is 14.4 Å². The average Bonchev–Trinajstić information content (AvgIpc) is 2.43. The van der Waals surface area contributed by atoms with E-state index in [9.17, 15) is 10.1 Å². The quantitative estimate of drug-likeness (QED) is 0.135. The molecule has 1 aromatic rings. The Morgan fingerprint density at radius 2 is 2.20 bits per heavy atom. The molecule has 0 fully saturated rings. The first kappa shape index (κ1) is 16.3. The molecular formula is C11H13IN4O4. The number of hydrogen-bond acceptors (Lipinski definition) is 5. The van der Waals surface area contributed by atoms with E-state index < -0.39 is 4.92 Å². The van der Waals surface area contributed by atoms with Crippen LogP contribution >= 0.6 is 22.6 Å². The average molecular weight is 392 g/mol. The number of ether oxygens (including phenoxy) is 2. The molecule has 9 heteroatoms. The maximum Gasteiger partial charge on any atom is 0.314 e. The van der Waals surface area contributed by atoms with Crippen molar-refractivity contribution >= 4 is 28.3 Å². The summed E-state index contributed by atoms with van der Waals surface area (Å²) in [6, 6.07) is 3.01. The summed E-state index contributed by atoms with van der Waals surface area (Å²) in [7, 11) is 2.82. The molecule has 0 spiro atoms. The third-order valence-corrected chi connectivity index (χ3v) is 3.37. The van der Waals surface area contributed by atoms with E-state index in [1.165, 1.54) is 20.3 Å². The Morgan fingerprint density at radius 1 is 1.50 bits per heavy atom. The second kappa shape index (κ2) is 7.75. The number of nitro groups is 1. The van der Waals surface area contributed by atoms with Gasteiger partial charge in [-0.3, -0.25) is 10.1 Å². The number of halogens is 1. The number of methoxy groups -OCH3 is 2. The van der Waals surface area contributed by atoms with Gasteiger partial charge in [-0.1, -0.05) is 27.7 Å². The topological polar surface area (TPSA) is 110 Å². The predicted octanol–water partition coefficient (Wildman–Crippen LogP) is 3.27. The number of nitrogens with zero attached hydrogens (tertiary/aromatic N) is 4. The molecule has 8 nitrogen and oxygen atoms in total. The molecule has 0 heterocycles. The maximum absolute atomic E-state index is 11.1. The highest BCUT2D eigenvalue weighted by molar-refractivity contribution is 14.1. The van der Waals surface area contributed by atoms with Gasteiger partial charge in [0.05, 0.1) is 25.2 Å². The van der Waals surface area contributed by atoms with Crippen molar-refractivity contribution in [3.8, 4) is 11.5 Å². The van der Waals surface area contributed by atoms with Gasteiger partial charge in [-0.05, 0) is 18.0 Å². The van der Waals surface area contributed by atoms with Crippen LogP contribution in [0.15, 0.2) is 17.2 Å². The van der Waals surface area contributed by atoms with Gasteiger partial charge in [-0.2, -0.15) is 0 Å². The summed E-state index contributed by atoms with van der Waals surface area (Å²) in [5.74, 6) is 0.596. The van der Waals surface area contributed by atoms with E-state index in [1.807, 2.05) is 0 Å². The fourth-order valence-electron chi connectivity index (χ4n) is 1.71. The molecular weight excluding hydrogens is 379 g/mol. The number of benzene rings is 1. The van der Waals surface area contributed by atoms with Crippen LogP contribution in [0.4, 0.5) is 5.69 Å². The van der Waals surface area contributed by atoms with Crippen LogP contribution in [-0.4, -0.2) is 29.6 Å². The summed E-state index contributed by atoms with van der Waals surface area (Å²) in [6.07, 6.45) is 0.473. The summed E-state index contributed by atoms with van der Waals surface area (Å²) >= 11 is 2.12. The van der Waals surface area contributed by atoms with Crippen LogP contribution in [0.1, 0.15) is 5.56 Å². The van der Waals surface area contributed by atoms with Crippen molar-refractivity contribution in [1.82, 2.24) is 0 Å². The Balaban J connectivity index is 3.18. The lowest BCUT2D eigenvalue weighted by Crippen LogP contribution is -2.08. The highest BCUT2D eigenvalue weighted by Crippen LogP contribution is 2.36. The zero-order valence-electron chi connectivity index (χ0n) is 10.9. The molecule has 1 aromatic carbocycles. The molecule has 0 saturated carbocycles. The summed E-state index contributed by atoms with van der Waals surface area (Å²) in [5, 5.41) is 14.6. The monoisotopic (exact) mass is 392 g/mol. The van der Waals surface area contributed by atoms with E-state index in [-0.39, 0.29) is 15.4 Å². The van der Waals surface area contributed by atoms with Gasteiger partial charge in [0.15, 0.2) is 5.75 Å². The van der Waals surface area contributed by atoms with Crippen LogP contribution in [0, 0.1) is 10.1 Å². The molecule has 108 valence electrons. The Bertz CT molecular complexity index is 545. The van der Waals surface area contributed by atoms with Crippen molar-refractivity contribution in [2.75, 3.05) is 20.8 Å². The van der Waals surface area contributed by atoms with E-state index in [4.69, 9.17) is 15.0 Å². The van der Waals surface area contributed by atoms with E-state index >= 15 is 0 Å². The zero-order chi connectivity index (χ0) is 15.1. The third kappa shape index (κ3) is 4.14. The smallest absolute Gasteiger partial charge is 0.314 e. The third-order valence-electron chi connectivity index (χ3n) is 2.54. The second-order valence-corrected chi connectivity index (χ2v) is 5.57. The minimum Gasteiger partial charge on any atom is -0.496 e. The Hall–Kier alpha value is -1.74. The van der Waals surface area contributed by atoms with E-state index in [2.05, 4.69) is 32.6 Å². The largest absolute Gasteiger partial charge is 0.496 e. The van der Waals surface area contributed by atoms with Gasteiger partial charge in [0.2, 0.25) is 0 Å². The molecule has 0 amide bonds. The summed E-state index contributed by atoms with van der Waals surface area (Å²) in [4.78, 5) is 13.2. The first-order valence-corrected chi connectivity index (χ1v) is 6.82. The molecule has 20 heavy (non-hydrogen) atoms. The van der Waals surface area contributed by atoms with Crippen LogP contribution in [-0.2, 0) is 6.42 Å². The van der Waals surface area contributed by atoms with Crippen molar-refractivity contribution in [1.29, 1.82) is 0 Å². The standard InChI is InChI=1S/C11H13IN4O4/c1-19-9-4-7(3-8(12)6-14-15-13)11(20-2)10(5-9)16(17)18/h4-5,8H,3,6H2,1-2H3/t8-/m0/s1. The highest BCUT2D eigenvalue weighted by atomic mass is 127. The Labute approximate surface area is 129 Å². The molecule has 0 aliphatic carbocycles. The first-order valence-electron chi connectivity index (χ1n) is 5.57. The van der Waals surface area contributed by atoms with Gasteiger partial charge in [0, 0.05) is 20.9 Å². The van der Waals surface area contributed by atoms with Crippen LogP contribution in [0.3, 0.4) is 0 Å². The molecule has 0 aliphatic rings. The molecule has 0 saturated heterocycles.